The molecule has 0 saturated carbocycles. The molecule has 4 aromatic rings. The Morgan fingerprint density at radius 1 is 1.04 bits per heavy atom. The van der Waals surface area contributed by atoms with Crippen molar-refractivity contribution in [2.24, 2.45) is 0 Å². The van der Waals surface area contributed by atoms with Crippen LogP contribution in [0.2, 0.25) is 0 Å². The molecule has 128 valence electrons. The first-order valence-corrected chi connectivity index (χ1v) is 9.18. The smallest absolute Gasteiger partial charge is 0.124 e. The molecule has 0 atom stereocenters. The highest BCUT2D eigenvalue weighted by Gasteiger charge is 2.07. The van der Waals surface area contributed by atoms with E-state index >= 15 is 0 Å². The van der Waals surface area contributed by atoms with Gasteiger partial charge in [-0.05, 0) is 36.8 Å². The molecule has 0 radical (unpaired) electrons. The Morgan fingerprint density at radius 2 is 1.80 bits per heavy atom. The summed E-state index contributed by atoms with van der Waals surface area (Å²) in [6.07, 6.45) is 1.99. The number of aryl methyl sites for hydroxylation is 1. The first-order valence-electron chi connectivity index (χ1n) is 8.36. The third kappa shape index (κ3) is 3.88. The molecule has 0 bridgehead atoms. The molecular formula is C20H21N3OS. The molecule has 0 aliphatic rings. The maximum atomic E-state index is 9.56. The van der Waals surface area contributed by atoms with E-state index in [0.717, 1.165) is 33.0 Å². The van der Waals surface area contributed by atoms with Crippen molar-refractivity contribution in [1.29, 1.82) is 0 Å². The molecule has 1 N–H and O–H groups in total. The van der Waals surface area contributed by atoms with E-state index in [1.165, 1.54) is 5.56 Å². The Bertz CT molecular complexity index is 970. The summed E-state index contributed by atoms with van der Waals surface area (Å²) >= 11 is 1.59. The van der Waals surface area contributed by atoms with Gasteiger partial charge in [0.1, 0.15) is 10.8 Å². The highest BCUT2D eigenvalue weighted by molar-refractivity contribution is 7.21. The van der Waals surface area contributed by atoms with Crippen molar-refractivity contribution < 1.29 is 5.11 Å². The summed E-state index contributed by atoms with van der Waals surface area (Å²) in [5, 5.41) is 14.9. The highest BCUT2D eigenvalue weighted by Crippen LogP contribution is 2.32. The fourth-order valence-electron chi connectivity index (χ4n) is 2.53. The van der Waals surface area contributed by atoms with Gasteiger partial charge in [0.25, 0.3) is 0 Å². The van der Waals surface area contributed by atoms with Crippen LogP contribution < -0.4 is 0 Å². The van der Waals surface area contributed by atoms with Crippen molar-refractivity contribution in [3.8, 4) is 16.3 Å². The Labute approximate surface area is 151 Å². The SMILES string of the molecule is CC.Cc1ccn(Cc2ccc(-c3nc4ccc(O)cc4s3)cc2)n1. The molecule has 25 heavy (non-hydrogen) atoms. The molecule has 0 saturated heterocycles. The van der Waals surface area contributed by atoms with Crippen LogP contribution >= 0.6 is 11.3 Å². The minimum atomic E-state index is 0.276. The summed E-state index contributed by atoms with van der Waals surface area (Å²) in [7, 11) is 0. The predicted octanol–water partition coefficient (Wildman–Crippen LogP) is 5.25. The number of aromatic hydroxyl groups is 1. The monoisotopic (exact) mass is 351 g/mol. The van der Waals surface area contributed by atoms with Crippen LogP contribution in [0.5, 0.6) is 5.75 Å². The topological polar surface area (TPSA) is 50.9 Å². The number of aromatic nitrogens is 3. The number of hydrogen-bond donors (Lipinski definition) is 1. The number of benzene rings is 2. The van der Waals surface area contributed by atoms with Crippen LogP contribution in [0.1, 0.15) is 25.1 Å². The van der Waals surface area contributed by atoms with Crippen LogP contribution in [-0.4, -0.2) is 19.9 Å². The number of fused-ring (bicyclic) bond motifs is 1. The van der Waals surface area contributed by atoms with Gasteiger partial charge in [0.2, 0.25) is 0 Å². The minimum Gasteiger partial charge on any atom is -0.508 e. The van der Waals surface area contributed by atoms with E-state index in [1.54, 1.807) is 23.5 Å². The molecule has 0 aliphatic heterocycles. The van der Waals surface area contributed by atoms with Gasteiger partial charge in [0.05, 0.1) is 22.5 Å². The number of hydrogen-bond acceptors (Lipinski definition) is 4. The van der Waals surface area contributed by atoms with Gasteiger partial charge < -0.3 is 5.11 Å². The second-order valence-corrected chi connectivity index (χ2v) is 6.55. The second-order valence-electron chi connectivity index (χ2n) is 5.52. The molecule has 2 heterocycles. The summed E-state index contributed by atoms with van der Waals surface area (Å²) in [5.74, 6) is 0.276. The summed E-state index contributed by atoms with van der Waals surface area (Å²) in [6, 6.07) is 15.7. The predicted molar refractivity (Wildman–Crippen MR) is 104 cm³/mol. The zero-order valence-corrected chi connectivity index (χ0v) is 15.4. The standard InChI is InChI=1S/C18H15N3OS.C2H6/c1-12-8-9-21(20-12)11-13-2-4-14(5-3-13)18-19-16-7-6-15(22)10-17(16)23-18;1-2/h2-10,22H,11H2,1H3;1-2H3. The lowest BCUT2D eigenvalue weighted by molar-refractivity contribution is 0.476. The van der Waals surface area contributed by atoms with Crippen molar-refractivity contribution >= 4 is 21.6 Å². The molecule has 5 heteroatoms. The molecule has 4 rings (SSSR count). The molecule has 0 spiro atoms. The third-order valence-electron chi connectivity index (χ3n) is 3.69. The van der Waals surface area contributed by atoms with E-state index in [1.807, 2.05) is 43.8 Å². The summed E-state index contributed by atoms with van der Waals surface area (Å²) in [5.41, 5.74) is 4.24. The second kappa shape index (κ2) is 7.49. The maximum Gasteiger partial charge on any atom is 0.124 e. The van der Waals surface area contributed by atoms with Crippen LogP contribution in [0.3, 0.4) is 0 Å². The van der Waals surface area contributed by atoms with E-state index in [2.05, 4.69) is 34.3 Å². The van der Waals surface area contributed by atoms with Gasteiger partial charge in [-0.3, -0.25) is 4.68 Å². The molecule has 0 unspecified atom stereocenters. The van der Waals surface area contributed by atoms with Crippen LogP contribution in [0.4, 0.5) is 0 Å². The molecule has 0 fully saturated rings. The van der Waals surface area contributed by atoms with Gasteiger partial charge in [0.15, 0.2) is 0 Å². The van der Waals surface area contributed by atoms with Gasteiger partial charge in [-0.25, -0.2) is 4.98 Å². The number of thiazole rings is 1. The van der Waals surface area contributed by atoms with Gasteiger partial charge >= 0.3 is 0 Å². The minimum absolute atomic E-state index is 0.276. The molecule has 0 aliphatic carbocycles. The Kier molecular flexibility index (Phi) is 5.14. The van der Waals surface area contributed by atoms with Gasteiger partial charge in [-0.15, -0.1) is 11.3 Å². The fraction of sp³-hybridized carbons (Fsp3) is 0.200. The lowest BCUT2D eigenvalue weighted by atomic mass is 10.1. The van der Waals surface area contributed by atoms with Gasteiger partial charge in [-0.1, -0.05) is 38.1 Å². The zero-order chi connectivity index (χ0) is 17.8. The van der Waals surface area contributed by atoms with Crippen molar-refractivity contribution in [1.82, 2.24) is 14.8 Å². The third-order valence-corrected chi connectivity index (χ3v) is 4.76. The van der Waals surface area contributed by atoms with Gasteiger partial charge in [0, 0.05) is 11.8 Å². The Morgan fingerprint density at radius 3 is 2.48 bits per heavy atom. The molecule has 2 aromatic heterocycles. The van der Waals surface area contributed by atoms with Gasteiger partial charge in [-0.2, -0.15) is 5.10 Å². The Balaban J connectivity index is 0.000000880. The zero-order valence-electron chi connectivity index (χ0n) is 14.6. The summed E-state index contributed by atoms with van der Waals surface area (Å²) < 4.78 is 2.93. The van der Waals surface area contributed by atoms with Crippen LogP contribution in [-0.2, 0) is 6.54 Å². The number of phenols is 1. The molecule has 2 aromatic carbocycles. The number of rotatable bonds is 3. The molecule has 4 nitrogen and oxygen atoms in total. The first-order chi connectivity index (χ1) is 12.2. The average Bonchev–Trinajstić information content (AvgIpc) is 3.23. The van der Waals surface area contributed by atoms with E-state index < -0.39 is 0 Å². The molecular weight excluding hydrogens is 330 g/mol. The first kappa shape index (κ1) is 17.2. The fourth-order valence-corrected chi connectivity index (χ4v) is 3.53. The lowest BCUT2D eigenvalue weighted by Gasteiger charge is -2.03. The van der Waals surface area contributed by atoms with E-state index in [4.69, 9.17) is 0 Å². The van der Waals surface area contributed by atoms with Crippen LogP contribution in [0.25, 0.3) is 20.8 Å². The van der Waals surface area contributed by atoms with Crippen molar-refractivity contribution in [3.05, 3.63) is 66.0 Å². The average molecular weight is 351 g/mol. The largest absolute Gasteiger partial charge is 0.508 e. The quantitative estimate of drug-likeness (QED) is 0.548. The van der Waals surface area contributed by atoms with Crippen molar-refractivity contribution in [3.63, 3.8) is 0 Å². The van der Waals surface area contributed by atoms with Crippen LogP contribution in [0, 0.1) is 6.92 Å². The molecule has 0 amide bonds. The van der Waals surface area contributed by atoms with E-state index in [0.29, 0.717) is 0 Å². The van der Waals surface area contributed by atoms with Crippen LogP contribution in [0.15, 0.2) is 54.7 Å². The summed E-state index contributed by atoms with van der Waals surface area (Å²) in [6.45, 7) is 6.76. The number of nitrogens with zero attached hydrogens (tertiary/aromatic N) is 3. The highest BCUT2D eigenvalue weighted by atomic mass is 32.1. The lowest BCUT2D eigenvalue weighted by Crippen LogP contribution is -2.00. The van der Waals surface area contributed by atoms with Crippen molar-refractivity contribution in [2.75, 3.05) is 0 Å². The summed E-state index contributed by atoms with van der Waals surface area (Å²) in [4.78, 5) is 4.63. The Hall–Kier alpha value is -2.66. The van der Waals surface area contributed by atoms with E-state index in [-0.39, 0.29) is 5.75 Å². The normalized spacial score (nSPS) is 10.5. The maximum absolute atomic E-state index is 9.56. The number of phenolic OH excluding ortho intramolecular Hbond substituents is 1. The van der Waals surface area contributed by atoms with E-state index in [9.17, 15) is 5.11 Å². The van der Waals surface area contributed by atoms with Crippen molar-refractivity contribution in [2.45, 2.75) is 27.3 Å².